The highest BCUT2D eigenvalue weighted by Crippen LogP contribution is 2.46. The Morgan fingerprint density at radius 3 is 3.04 bits per heavy atom. The number of piperidine rings is 1. The van der Waals surface area contributed by atoms with E-state index >= 15 is 0 Å². The SMILES string of the molecule is CN1[C@H]2CCC[C@@H]1c1c(nc(N)c(C#N)c1-c1cccc(OCCO)c1)C2. The number of fused-ring (bicyclic) bond motifs is 4. The van der Waals surface area contributed by atoms with Gasteiger partial charge in [0.15, 0.2) is 0 Å². The molecule has 6 heteroatoms. The highest BCUT2D eigenvalue weighted by Gasteiger charge is 2.38. The van der Waals surface area contributed by atoms with Crippen LogP contribution in [0.1, 0.15) is 42.1 Å². The minimum Gasteiger partial charge on any atom is -0.491 e. The van der Waals surface area contributed by atoms with Gasteiger partial charge in [0.25, 0.3) is 0 Å². The van der Waals surface area contributed by atoms with Crippen LogP contribution in [-0.4, -0.2) is 41.3 Å². The number of hydrogen-bond acceptors (Lipinski definition) is 6. The molecular weight excluding hydrogens is 340 g/mol. The van der Waals surface area contributed by atoms with Crippen molar-refractivity contribution in [3.63, 3.8) is 0 Å². The van der Waals surface area contributed by atoms with Crippen LogP contribution in [-0.2, 0) is 6.42 Å². The van der Waals surface area contributed by atoms with E-state index < -0.39 is 0 Å². The van der Waals surface area contributed by atoms with E-state index in [1.807, 2.05) is 24.3 Å². The van der Waals surface area contributed by atoms with Crippen molar-refractivity contribution in [3.8, 4) is 22.9 Å². The summed E-state index contributed by atoms with van der Waals surface area (Å²) in [4.78, 5) is 7.05. The van der Waals surface area contributed by atoms with Gasteiger partial charge in [-0.3, -0.25) is 4.90 Å². The molecule has 1 fully saturated rings. The summed E-state index contributed by atoms with van der Waals surface area (Å²) in [5.74, 6) is 0.968. The van der Waals surface area contributed by atoms with Crippen LogP contribution in [0.15, 0.2) is 24.3 Å². The van der Waals surface area contributed by atoms with Crippen LogP contribution in [0, 0.1) is 11.3 Å². The minimum absolute atomic E-state index is 0.0421. The number of aliphatic hydroxyl groups excluding tert-OH is 1. The third kappa shape index (κ3) is 3.03. The smallest absolute Gasteiger partial charge is 0.142 e. The quantitative estimate of drug-likeness (QED) is 0.866. The standard InChI is InChI=1S/C21H24N4O2/c1-25-14-5-3-7-18(25)20-17(11-14)24-21(23)16(12-22)19(20)13-4-2-6-15(10-13)27-9-8-26/h2,4,6,10,14,18,26H,3,5,7-9,11H2,1H3,(H2,23,24)/t14-,18+/m0/s1. The first-order chi connectivity index (χ1) is 13.1. The van der Waals surface area contributed by atoms with Crippen LogP contribution in [0.3, 0.4) is 0 Å². The Hall–Kier alpha value is -2.62. The first-order valence-electron chi connectivity index (χ1n) is 9.42. The molecule has 2 bridgehead atoms. The molecule has 3 heterocycles. The summed E-state index contributed by atoms with van der Waals surface area (Å²) in [5, 5.41) is 18.8. The molecule has 4 rings (SSSR count). The lowest BCUT2D eigenvalue weighted by molar-refractivity contribution is 0.0988. The highest BCUT2D eigenvalue weighted by atomic mass is 16.5. The molecule has 2 aromatic rings. The van der Waals surface area contributed by atoms with Gasteiger partial charge in [-0.15, -0.1) is 0 Å². The zero-order valence-electron chi connectivity index (χ0n) is 15.5. The molecule has 3 N–H and O–H groups in total. The van der Waals surface area contributed by atoms with Crippen LogP contribution < -0.4 is 10.5 Å². The van der Waals surface area contributed by atoms with Crippen LogP contribution in [0.2, 0.25) is 0 Å². The fourth-order valence-electron chi connectivity index (χ4n) is 4.53. The van der Waals surface area contributed by atoms with Crippen molar-refractivity contribution in [2.24, 2.45) is 0 Å². The second kappa shape index (κ2) is 7.18. The van der Waals surface area contributed by atoms with Gasteiger partial charge in [0.1, 0.15) is 29.8 Å². The molecule has 140 valence electrons. The number of rotatable bonds is 4. The first-order valence-corrected chi connectivity index (χ1v) is 9.42. The van der Waals surface area contributed by atoms with Gasteiger partial charge < -0.3 is 15.6 Å². The van der Waals surface area contributed by atoms with Gasteiger partial charge in [-0.25, -0.2) is 4.98 Å². The molecule has 0 radical (unpaired) electrons. The Bertz CT molecular complexity index is 906. The monoisotopic (exact) mass is 364 g/mol. The number of hydrogen-bond donors (Lipinski definition) is 2. The van der Waals surface area contributed by atoms with E-state index in [2.05, 4.69) is 23.0 Å². The first kappa shape index (κ1) is 17.8. The Morgan fingerprint density at radius 1 is 1.41 bits per heavy atom. The number of benzene rings is 1. The number of nitriles is 1. The van der Waals surface area contributed by atoms with Crippen molar-refractivity contribution >= 4 is 5.82 Å². The molecular formula is C21H24N4O2. The van der Waals surface area contributed by atoms with Crippen molar-refractivity contribution in [2.75, 3.05) is 26.0 Å². The molecule has 6 nitrogen and oxygen atoms in total. The van der Waals surface area contributed by atoms with Crippen LogP contribution in [0.25, 0.3) is 11.1 Å². The average Bonchev–Trinajstić information content (AvgIpc) is 2.66. The Labute approximate surface area is 159 Å². The van der Waals surface area contributed by atoms with E-state index in [1.54, 1.807) is 0 Å². The summed E-state index contributed by atoms with van der Waals surface area (Å²) in [7, 11) is 2.17. The zero-order valence-corrected chi connectivity index (χ0v) is 15.5. The summed E-state index contributed by atoms with van der Waals surface area (Å²) in [6, 6.07) is 10.7. The summed E-state index contributed by atoms with van der Waals surface area (Å²) in [6.45, 7) is 0.192. The maximum Gasteiger partial charge on any atom is 0.142 e. The topological polar surface area (TPSA) is 95.4 Å². The average molecular weight is 364 g/mol. The largest absolute Gasteiger partial charge is 0.491 e. The van der Waals surface area contributed by atoms with Gasteiger partial charge in [-0.05, 0) is 44.0 Å². The van der Waals surface area contributed by atoms with Crippen molar-refractivity contribution < 1.29 is 9.84 Å². The summed E-state index contributed by atoms with van der Waals surface area (Å²) in [6.07, 6.45) is 4.29. The molecule has 1 saturated heterocycles. The number of nitrogen functional groups attached to an aromatic ring is 1. The maximum atomic E-state index is 9.82. The van der Waals surface area contributed by atoms with Crippen LogP contribution in [0.5, 0.6) is 5.75 Å². The molecule has 0 unspecified atom stereocenters. The molecule has 2 atom stereocenters. The molecule has 1 aromatic heterocycles. The number of anilines is 1. The number of nitrogens with zero attached hydrogens (tertiary/aromatic N) is 3. The molecule has 27 heavy (non-hydrogen) atoms. The second-order valence-electron chi connectivity index (χ2n) is 7.29. The van der Waals surface area contributed by atoms with E-state index in [9.17, 15) is 5.26 Å². The summed E-state index contributed by atoms with van der Waals surface area (Å²) < 4.78 is 5.58. The van der Waals surface area contributed by atoms with Gasteiger partial charge in [0, 0.05) is 35.3 Å². The van der Waals surface area contributed by atoms with E-state index in [0.717, 1.165) is 35.2 Å². The van der Waals surface area contributed by atoms with Gasteiger partial charge in [-0.2, -0.15) is 5.26 Å². The molecule has 2 aliphatic heterocycles. The van der Waals surface area contributed by atoms with E-state index in [1.165, 1.54) is 12.8 Å². The van der Waals surface area contributed by atoms with E-state index in [0.29, 0.717) is 23.2 Å². The summed E-state index contributed by atoms with van der Waals surface area (Å²) >= 11 is 0. The fourth-order valence-corrected chi connectivity index (χ4v) is 4.53. The second-order valence-corrected chi connectivity index (χ2v) is 7.29. The van der Waals surface area contributed by atoms with E-state index in [-0.39, 0.29) is 19.3 Å². The molecule has 0 saturated carbocycles. The van der Waals surface area contributed by atoms with Crippen LogP contribution >= 0.6 is 0 Å². The zero-order chi connectivity index (χ0) is 19.0. The molecule has 0 aliphatic carbocycles. The number of nitrogens with two attached hydrogens (primary N) is 1. The fraction of sp³-hybridized carbons (Fsp3) is 0.429. The van der Waals surface area contributed by atoms with Crippen molar-refractivity contribution in [3.05, 3.63) is 41.1 Å². The Balaban J connectivity index is 1.91. The molecule has 0 amide bonds. The lowest BCUT2D eigenvalue weighted by Gasteiger charge is -2.45. The minimum atomic E-state index is -0.0421. The number of ether oxygens (including phenoxy) is 1. The van der Waals surface area contributed by atoms with Crippen molar-refractivity contribution in [2.45, 2.75) is 37.8 Å². The maximum absolute atomic E-state index is 9.82. The Morgan fingerprint density at radius 2 is 2.26 bits per heavy atom. The third-order valence-corrected chi connectivity index (χ3v) is 5.78. The van der Waals surface area contributed by atoms with Gasteiger partial charge in [-0.1, -0.05) is 12.1 Å². The van der Waals surface area contributed by atoms with Gasteiger partial charge in [0.05, 0.1) is 6.61 Å². The predicted molar refractivity (Wildman–Crippen MR) is 103 cm³/mol. The molecule has 0 spiro atoms. The lowest BCUT2D eigenvalue weighted by atomic mass is 9.78. The Kier molecular flexibility index (Phi) is 4.73. The number of aromatic nitrogens is 1. The van der Waals surface area contributed by atoms with Crippen LogP contribution in [0.4, 0.5) is 5.82 Å². The predicted octanol–water partition coefficient (Wildman–Crippen LogP) is 2.66. The van der Waals surface area contributed by atoms with Crippen molar-refractivity contribution in [1.29, 1.82) is 5.26 Å². The lowest BCUT2D eigenvalue weighted by Crippen LogP contribution is -2.45. The van der Waals surface area contributed by atoms with Gasteiger partial charge in [0.2, 0.25) is 0 Å². The highest BCUT2D eigenvalue weighted by molar-refractivity contribution is 5.80. The van der Waals surface area contributed by atoms with Gasteiger partial charge >= 0.3 is 0 Å². The number of likely N-dealkylation sites (N-methyl/N-ethyl adjacent to an activating group) is 1. The molecule has 2 aliphatic rings. The number of pyridine rings is 1. The normalized spacial score (nSPS) is 21.4. The van der Waals surface area contributed by atoms with Crippen molar-refractivity contribution in [1.82, 2.24) is 9.88 Å². The third-order valence-electron chi connectivity index (χ3n) is 5.78. The number of aliphatic hydroxyl groups is 1. The summed E-state index contributed by atoms with van der Waals surface area (Å²) in [5.41, 5.74) is 10.6. The molecule has 1 aromatic carbocycles. The van der Waals surface area contributed by atoms with E-state index in [4.69, 9.17) is 15.6 Å².